The number of hydrogen-bond donors (Lipinski definition) is 0. The van der Waals surface area contributed by atoms with Crippen molar-refractivity contribution in [2.45, 2.75) is 322 Å². The molecular formula is C69H120O6. The number of ether oxygens (including phenoxy) is 3. The van der Waals surface area contributed by atoms with Crippen molar-refractivity contribution in [3.05, 3.63) is 85.1 Å². The van der Waals surface area contributed by atoms with E-state index in [0.717, 1.165) is 116 Å². The summed E-state index contributed by atoms with van der Waals surface area (Å²) >= 11 is 0. The first kappa shape index (κ1) is 71.6. The fraction of sp³-hybridized carbons (Fsp3) is 0.754. The van der Waals surface area contributed by atoms with Crippen molar-refractivity contribution in [3.8, 4) is 0 Å². The zero-order chi connectivity index (χ0) is 54.3. The molecule has 0 saturated heterocycles. The van der Waals surface area contributed by atoms with Gasteiger partial charge in [0, 0.05) is 19.3 Å². The monoisotopic (exact) mass is 1040 g/mol. The Bertz CT molecular complexity index is 1430. The van der Waals surface area contributed by atoms with Crippen LogP contribution in [0.3, 0.4) is 0 Å². The summed E-state index contributed by atoms with van der Waals surface area (Å²) in [4.78, 5) is 38.2. The van der Waals surface area contributed by atoms with Crippen molar-refractivity contribution >= 4 is 17.9 Å². The first-order chi connectivity index (χ1) is 37.0. The van der Waals surface area contributed by atoms with Crippen LogP contribution in [0.15, 0.2) is 85.1 Å². The van der Waals surface area contributed by atoms with Gasteiger partial charge < -0.3 is 14.2 Å². The van der Waals surface area contributed by atoms with Gasteiger partial charge in [0.2, 0.25) is 0 Å². The normalized spacial score (nSPS) is 12.6. The Hall–Kier alpha value is -3.41. The lowest BCUT2D eigenvalue weighted by atomic mass is 10.0. The average molecular weight is 1050 g/mol. The molecule has 0 aliphatic carbocycles. The maximum absolute atomic E-state index is 12.9. The lowest BCUT2D eigenvalue weighted by molar-refractivity contribution is -0.167. The van der Waals surface area contributed by atoms with E-state index in [9.17, 15) is 14.4 Å². The Labute approximate surface area is 465 Å². The minimum absolute atomic E-state index is 0.0786. The first-order valence-corrected chi connectivity index (χ1v) is 32.1. The van der Waals surface area contributed by atoms with Crippen LogP contribution in [0.1, 0.15) is 316 Å². The van der Waals surface area contributed by atoms with E-state index in [2.05, 4.69) is 106 Å². The molecule has 75 heavy (non-hydrogen) atoms. The molecule has 1 atom stereocenters. The molecule has 0 rings (SSSR count). The van der Waals surface area contributed by atoms with Crippen LogP contribution >= 0.6 is 0 Å². The largest absolute Gasteiger partial charge is 0.462 e. The third-order valence-electron chi connectivity index (χ3n) is 13.9. The van der Waals surface area contributed by atoms with Crippen molar-refractivity contribution < 1.29 is 28.6 Å². The number of hydrogen-bond acceptors (Lipinski definition) is 6. The highest BCUT2D eigenvalue weighted by Crippen LogP contribution is 2.16. The summed E-state index contributed by atoms with van der Waals surface area (Å²) in [5.74, 6) is -0.881. The summed E-state index contributed by atoms with van der Waals surface area (Å²) < 4.78 is 16.9. The molecular weight excluding hydrogens is 925 g/mol. The summed E-state index contributed by atoms with van der Waals surface area (Å²) in [5, 5.41) is 0. The fourth-order valence-electron chi connectivity index (χ4n) is 9.09. The quantitative estimate of drug-likeness (QED) is 0.0261. The summed E-state index contributed by atoms with van der Waals surface area (Å²) in [5.41, 5.74) is 0. The predicted molar refractivity (Wildman–Crippen MR) is 325 cm³/mol. The van der Waals surface area contributed by atoms with Gasteiger partial charge in [-0.2, -0.15) is 0 Å². The van der Waals surface area contributed by atoms with Crippen molar-refractivity contribution in [3.63, 3.8) is 0 Å². The second kappa shape index (κ2) is 63.1. The molecule has 0 fully saturated rings. The van der Waals surface area contributed by atoms with Crippen LogP contribution in [0.4, 0.5) is 0 Å². The zero-order valence-corrected chi connectivity index (χ0v) is 49.6. The highest BCUT2D eigenvalue weighted by molar-refractivity contribution is 5.71. The summed E-state index contributed by atoms with van der Waals surface area (Å²) in [6, 6.07) is 0. The number of esters is 3. The molecule has 0 heterocycles. The standard InChI is InChI=1S/C69H120O6/c1-4-7-10-13-16-19-22-25-27-29-30-31-32-33-34-35-36-37-38-39-40-41-43-44-47-50-53-56-59-62-68(71)74-65-66(64-73-67(70)61-58-55-52-49-46-24-21-18-15-12-9-6-3)75-69(72)63-60-57-54-51-48-45-42-28-26-23-20-17-14-11-8-5-2/h7,10,16,19-20,23,25,27-28,30-31,33-34,42,66H,4-6,8-9,11-15,17-18,21-22,24,26,29,32,35-41,43-65H2,1-3H3/b10-7-,19-16-,23-20-,27-25-,31-30-,34-33-,42-28-. The molecule has 0 aromatic carbocycles. The van der Waals surface area contributed by atoms with E-state index >= 15 is 0 Å². The van der Waals surface area contributed by atoms with Gasteiger partial charge in [-0.1, -0.05) is 286 Å². The molecule has 0 aromatic rings. The van der Waals surface area contributed by atoms with Gasteiger partial charge in [0.05, 0.1) is 0 Å². The molecule has 6 heteroatoms. The Balaban J connectivity index is 4.23. The van der Waals surface area contributed by atoms with Gasteiger partial charge in [-0.15, -0.1) is 0 Å². The molecule has 0 aliphatic heterocycles. The number of carbonyl (C=O) groups is 3. The van der Waals surface area contributed by atoms with E-state index in [0.29, 0.717) is 19.3 Å². The Kier molecular flexibility index (Phi) is 60.3. The molecule has 0 N–H and O–H groups in total. The molecule has 0 spiro atoms. The lowest BCUT2D eigenvalue weighted by Gasteiger charge is -2.18. The average Bonchev–Trinajstić information content (AvgIpc) is 3.41. The van der Waals surface area contributed by atoms with Crippen molar-refractivity contribution in [2.75, 3.05) is 13.2 Å². The van der Waals surface area contributed by atoms with Gasteiger partial charge in [-0.3, -0.25) is 14.4 Å². The summed E-state index contributed by atoms with van der Waals surface area (Å²) in [7, 11) is 0. The molecule has 6 nitrogen and oxygen atoms in total. The molecule has 0 saturated carbocycles. The molecule has 0 aromatic heterocycles. The van der Waals surface area contributed by atoms with Gasteiger partial charge >= 0.3 is 17.9 Å². The second-order valence-corrected chi connectivity index (χ2v) is 21.3. The summed E-state index contributed by atoms with van der Waals surface area (Å²) in [6.45, 7) is 6.52. The lowest BCUT2D eigenvalue weighted by Crippen LogP contribution is -2.30. The zero-order valence-electron chi connectivity index (χ0n) is 49.6. The van der Waals surface area contributed by atoms with Crippen molar-refractivity contribution in [1.29, 1.82) is 0 Å². The van der Waals surface area contributed by atoms with Crippen LogP contribution in [0.5, 0.6) is 0 Å². The Morgan fingerprint density at radius 3 is 0.827 bits per heavy atom. The SMILES string of the molecule is CC/C=C\C/C=C\C/C=C\C/C=C\C/C=C\CCCCCCCCCCCCCCCC(=O)OCC(COC(=O)CCCCCCCCCCCCCC)OC(=O)CCCCCCC/C=C\C/C=C\CCCCCC. The van der Waals surface area contributed by atoms with Gasteiger partial charge in [0.15, 0.2) is 6.10 Å². The third kappa shape index (κ3) is 61.3. The van der Waals surface area contributed by atoms with Crippen LogP contribution in [0, 0.1) is 0 Å². The molecule has 0 amide bonds. The van der Waals surface area contributed by atoms with Crippen LogP contribution in [0.25, 0.3) is 0 Å². The second-order valence-electron chi connectivity index (χ2n) is 21.3. The highest BCUT2D eigenvalue weighted by atomic mass is 16.6. The molecule has 0 bridgehead atoms. The van der Waals surface area contributed by atoms with E-state index < -0.39 is 6.10 Å². The maximum Gasteiger partial charge on any atom is 0.306 e. The van der Waals surface area contributed by atoms with Crippen LogP contribution in [0.2, 0.25) is 0 Å². The molecule has 1 unspecified atom stereocenters. The van der Waals surface area contributed by atoms with E-state index in [4.69, 9.17) is 14.2 Å². The van der Waals surface area contributed by atoms with Gasteiger partial charge in [-0.25, -0.2) is 0 Å². The van der Waals surface area contributed by atoms with Crippen LogP contribution < -0.4 is 0 Å². The predicted octanol–water partition coefficient (Wildman–Crippen LogP) is 21.9. The van der Waals surface area contributed by atoms with E-state index in [1.807, 2.05) is 0 Å². The van der Waals surface area contributed by atoms with Gasteiger partial charge in [-0.05, 0) is 96.3 Å². The Morgan fingerprint density at radius 2 is 0.520 bits per heavy atom. The van der Waals surface area contributed by atoms with E-state index in [-0.39, 0.29) is 31.1 Å². The van der Waals surface area contributed by atoms with E-state index in [1.54, 1.807) is 0 Å². The first-order valence-electron chi connectivity index (χ1n) is 32.1. The van der Waals surface area contributed by atoms with Crippen LogP contribution in [-0.4, -0.2) is 37.2 Å². The number of allylic oxidation sites excluding steroid dienone is 14. The molecule has 0 aliphatic rings. The van der Waals surface area contributed by atoms with Crippen molar-refractivity contribution in [2.24, 2.45) is 0 Å². The van der Waals surface area contributed by atoms with Gasteiger partial charge in [0.1, 0.15) is 13.2 Å². The minimum atomic E-state index is -0.782. The number of unbranched alkanes of at least 4 members (excludes halogenated alkanes) is 33. The fourth-order valence-corrected chi connectivity index (χ4v) is 9.09. The molecule has 0 radical (unpaired) electrons. The topological polar surface area (TPSA) is 78.9 Å². The van der Waals surface area contributed by atoms with Crippen LogP contribution in [-0.2, 0) is 28.6 Å². The summed E-state index contributed by atoms with van der Waals surface area (Å²) in [6.07, 6.45) is 83.0. The third-order valence-corrected chi connectivity index (χ3v) is 13.9. The number of carbonyl (C=O) groups excluding carboxylic acids is 3. The Morgan fingerprint density at radius 1 is 0.280 bits per heavy atom. The minimum Gasteiger partial charge on any atom is -0.462 e. The molecule has 432 valence electrons. The highest BCUT2D eigenvalue weighted by Gasteiger charge is 2.19. The maximum atomic E-state index is 12.9. The van der Waals surface area contributed by atoms with Crippen molar-refractivity contribution in [1.82, 2.24) is 0 Å². The van der Waals surface area contributed by atoms with Gasteiger partial charge in [0.25, 0.3) is 0 Å². The smallest absolute Gasteiger partial charge is 0.306 e. The van der Waals surface area contributed by atoms with E-state index in [1.165, 1.54) is 161 Å². The number of rotatable bonds is 58.